The summed E-state index contributed by atoms with van der Waals surface area (Å²) in [5.74, 6) is 1.89. The second kappa shape index (κ2) is 7.31. The molecule has 1 aromatic rings. The molecule has 0 aliphatic rings. The van der Waals surface area contributed by atoms with Crippen LogP contribution < -0.4 is 5.73 Å². The third kappa shape index (κ3) is 3.41. The maximum atomic E-state index is 11.7. The molecule has 0 saturated heterocycles. The van der Waals surface area contributed by atoms with Crippen molar-refractivity contribution in [1.29, 1.82) is 0 Å². The highest BCUT2D eigenvalue weighted by Crippen LogP contribution is 2.17. The SMILES string of the molecule is CCOC(=O)c1nc(CC)n(CCCSC)c1N. The van der Waals surface area contributed by atoms with Gasteiger partial charge in [0.1, 0.15) is 11.6 Å². The van der Waals surface area contributed by atoms with Crippen molar-refractivity contribution >= 4 is 23.5 Å². The number of rotatable bonds is 7. The highest BCUT2D eigenvalue weighted by Gasteiger charge is 2.20. The fraction of sp³-hybridized carbons (Fsp3) is 0.667. The van der Waals surface area contributed by atoms with Gasteiger partial charge in [-0.2, -0.15) is 11.8 Å². The first-order chi connectivity index (χ1) is 8.65. The smallest absolute Gasteiger partial charge is 0.360 e. The van der Waals surface area contributed by atoms with E-state index in [1.165, 1.54) is 0 Å². The fourth-order valence-corrected chi connectivity index (χ4v) is 2.17. The predicted octanol–water partition coefficient (Wildman–Crippen LogP) is 1.96. The topological polar surface area (TPSA) is 70.1 Å². The monoisotopic (exact) mass is 271 g/mol. The highest BCUT2D eigenvalue weighted by molar-refractivity contribution is 7.98. The van der Waals surface area contributed by atoms with Crippen LogP contribution in [0, 0.1) is 0 Å². The molecular weight excluding hydrogens is 250 g/mol. The number of thioether (sulfide) groups is 1. The minimum Gasteiger partial charge on any atom is -0.461 e. The standard InChI is InChI=1S/C12H21N3O2S/c1-4-9-14-10(12(16)17-5-2)11(13)15(9)7-6-8-18-3/h4-8,13H2,1-3H3. The average molecular weight is 271 g/mol. The van der Waals surface area contributed by atoms with E-state index in [2.05, 4.69) is 11.2 Å². The van der Waals surface area contributed by atoms with E-state index in [0.29, 0.717) is 12.4 Å². The van der Waals surface area contributed by atoms with Gasteiger partial charge < -0.3 is 15.0 Å². The Labute approximate surface area is 112 Å². The van der Waals surface area contributed by atoms with Crippen molar-refractivity contribution in [2.45, 2.75) is 33.2 Å². The lowest BCUT2D eigenvalue weighted by Crippen LogP contribution is -2.11. The van der Waals surface area contributed by atoms with Crippen LogP contribution in [0.4, 0.5) is 5.82 Å². The van der Waals surface area contributed by atoms with Crippen molar-refractivity contribution in [3.05, 3.63) is 11.5 Å². The second-order valence-electron chi connectivity index (χ2n) is 3.83. The van der Waals surface area contributed by atoms with Gasteiger partial charge in [-0.3, -0.25) is 0 Å². The maximum absolute atomic E-state index is 11.7. The number of carbonyl (C=O) groups excluding carboxylic acids is 1. The summed E-state index contributed by atoms with van der Waals surface area (Å²) in [7, 11) is 0. The number of aryl methyl sites for hydroxylation is 1. The van der Waals surface area contributed by atoms with Gasteiger partial charge in [-0.05, 0) is 25.4 Å². The zero-order chi connectivity index (χ0) is 13.5. The molecule has 2 N–H and O–H groups in total. The number of nitrogens with zero attached hydrogens (tertiary/aromatic N) is 2. The molecule has 0 aliphatic heterocycles. The van der Waals surface area contributed by atoms with Crippen LogP contribution in [0.2, 0.25) is 0 Å². The van der Waals surface area contributed by atoms with E-state index in [1.54, 1.807) is 18.7 Å². The first kappa shape index (κ1) is 14.9. The number of ether oxygens (including phenoxy) is 1. The van der Waals surface area contributed by atoms with Crippen LogP contribution in [0.1, 0.15) is 36.6 Å². The number of hydrogen-bond acceptors (Lipinski definition) is 5. The first-order valence-corrected chi connectivity index (χ1v) is 7.55. The number of nitrogen functional groups attached to an aromatic ring is 1. The van der Waals surface area contributed by atoms with Crippen molar-refractivity contribution in [3.8, 4) is 0 Å². The number of hydrogen-bond donors (Lipinski definition) is 1. The van der Waals surface area contributed by atoms with Crippen LogP contribution in [0.5, 0.6) is 0 Å². The summed E-state index contributed by atoms with van der Waals surface area (Å²) >= 11 is 1.80. The van der Waals surface area contributed by atoms with Crippen LogP contribution in [0.3, 0.4) is 0 Å². The Kier molecular flexibility index (Phi) is 6.04. The normalized spacial score (nSPS) is 10.6. The Morgan fingerprint density at radius 2 is 2.22 bits per heavy atom. The van der Waals surface area contributed by atoms with E-state index in [4.69, 9.17) is 10.5 Å². The molecule has 0 bridgehead atoms. The average Bonchev–Trinajstić information content (AvgIpc) is 2.67. The molecule has 5 nitrogen and oxygen atoms in total. The Morgan fingerprint density at radius 1 is 1.50 bits per heavy atom. The summed E-state index contributed by atoms with van der Waals surface area (Å²) in [6.45, 7) is 4.90. The second-order valence-corrected chi connectivity index (χ2v) is 4.82. The number of anilines is 1. The van der Waals surface area contributed by atoms with E-state index in [-0.39, 0.29) is 5.69 Å². The van der Waals surface area contributed by atoms with Gasteiger partial charge in [0.25, 0.3) is 0 Å². The minimum absolute atomic E-state index is 0.248. The first-order valence-electron chi connectivity index (χ1n) is 6.16. The molecule has 0 fully saturated rings. The molecule has 1 rings (SSSR count). The molecule has 102 valence electrons. The van der Waals surface area contributed by atoms with E-state index in [0.717, 1.165) is 31.0 Å². The van der Waals surface area contributed by atoms with Gasteiger partial charge >= 0.3 is 5.97 Å². The Bertz CT molecular complexity index is 404. The van der Waals surface area contributed by atoms with Crippen molar-refractivity contribution in [1.82, 2.24) is 9.55 Å². The molecule has 0 saturated carbocycles. The zero-order valence-corrected chi connectivity index (χ0v) is 12.0. The molecule has 0 radical (unpaired) electrons. The third-order valence-electron chi connectivity index (χ3n) is 2.60. The largest absolute Gasteiger partial charge is 0.461 e. The summed E-state index contributed by atoms with van der Waals surface area (Å²) in [5.41, 5.74) is 6.23. The quantitative estimate of drug-likeness (QED) is 0.606. The maximum Gasteiger partial charge on any atom is 0.360 e. The fourth-order valence-electron chi connectivity index (χ4n) is 1.75. The van der Waals surface area contributed by atoms with Gasteiger partial charge in [0.15, 0.2) is 5.69 Å². The molecule has 18 heavy (non-hydrogen) atoms. The number of esters is 1. The lowest BCUT2D eigenvalue weighted by Gasteiger charge is -2.08. The molecule has 0 atom stereocenters. The van der Waals surface area contributed by atoms with E-state index >= 15 is 0 Å². The van der Waals surface area contributed by atoms with Gasteiger partial charge in [0, 0.05) is 13.0 Å². The van der Waals surface area contributed by atoms with Crippen molar-refractivity contribution in [2.24, 2.45) is 0 Å². The lowest BCUT2D eigenvalue weighted by molar-refractivity contribution is 0.0521. The number of carbonyl (C=O) groups is 1. The summed E-state index contributed by atoms with van der Waals surface area (Å²) < 4.78 is 6.87. The van der Waals surface area contributed by atoms with Crippen LogP contribution >= 0.6 is 11.8 Å². The number of imidazole rings is 1. The summed E-state index contributed by atoms with van der Waals surface area (Å²) in [5, 5.41) is 0. The van der Waals surface area contributed by atoms with Gasteiger partial charge in [-0.1, -0.05) is 6.92 Å². The van der Waals surface area contributed by atoms with Gasteiger partial charge in [-0.15, -0.1) is 0 Å². The molecule has 6 heteroatoms. The lowest BCUT2D eigenvalue weighted by atomic mass is 10.4. The third-order valence-corrected chi connectivity index (χ3v) is 3.30. The van der Waals surface area contributed by atoms with Crippen molar-refractivity contribution in [2.75, 3.05) is 24.3 Å². The molecule has 0 amide bonds. The summed E-state index contributed by atoms with van der Waals surface area (Å²) in [4.78, 5) is 16.0. The van der Waals surface area contributed by atoms with E-state index < -0.39 is 5.97 Å². The van der Waals surface area contributed by atoms with Crippen molar-refractivity contribution in [3.63, 3.8) is 0 Å². The van der Waals surface area contributed by atoms with Gasteiger partial charge in [0.2, 0.25) is 0 Å². The van der Waals surface area contributed by atoms with E-state index in [9.17, 15) is 4.79 Å². The highest BCUT2D eigenvalue weighted by atomic mass is 32.2. The van der Waals surface area contributed by atoms with E-state index in [1.807, 2.05) is 11.5 Å². The molecule has 0 spiro atoms. The molecule has 0 aliphatic carbocycles. The Balaban J connectivity index is 2.91. The van der Waals surface area contributed by atoms with Gasteiger partial charge in [-0.25, -0.2) is 9.78 Å². The zero-order valence-electron chi connectivity index (χ0n) is 11.2. The van der Waals surface area contributed by atoms with Crippen LogP contribution in [-0.4, -0.2) is 34.1 Å². The predicted molar refractivity (Wildman–Crippen MR) is 75.0 cm³/mol. The van der Waals surface area contributed by atoms with Crippen LogP contribution in [0.15, 0.2) is 0 Å². The molecule has 0 aromatic carbocycles. The van der Waals surface area contributed by atoms with Gasteiger partial charge in [0.05, 0.1) is 6.61 Å². The molecule has 0 unspecified atom stereocenters. The summed E-state index contributed by atoms with van der Waals surface area (Å²) in [6, 6.07) is 0. The molecular formula is C12H21N3O2S. The number of aromatic nitrogens is 2. The Morgan fingerprint density at radius 3 is 2.78 bits per heavy atom. The van der Waals surface area contributed by atoms with Crippen molar-refractivity contribution < 1.29 is 9.53 Å². The van der Waals surface area contributed by atoms with Crippen LogP contribution in [-0.2, 0) is 17.7 Å². The summed E-state index contributed by atoms with van der Waals surface area (Å²) in [6.07, 6.45) is 3.84. The molecule has 1 heterocycles. The minimum atomic E-state index is -0.437. The molecule has 1 aromatic heterocycles. The number of nitrogens with two attached hydrogens (primary N) is 1. The van der Waals surface area contributed by atoms with Crippen LogP contribution in [0.25, 0.3) is 0 Å². The Hall–Kier alpha value is -1.17.